The smallest absolute Gasteiger partial charge is 0.243 e. The molecule has 1 amide bonds. The minimum Gasteiger partial charge on any atom is -0.497 e. The van der Waals surface area contributed by atoms with E-state index in [0.717, 1.165) is 11.1 Å². The summed E-state index contributed by atoms with van der Waals surface area (Å²) in [5.74, 6) is 0.510. The number of benzene rings is 4. The average Bonchev–Trinajstić information content (AvgIpc) is 2.96. The van der Waals surface area contributed by atoms with Gasteiger partial charge in [0.25, 0.3) is 0 Å². The van der Waals surface area contributed by atoms with Gasteiger partial charge in [0, 0.05) is 26.6 Å². The molecule has 0 fully saturated rings. The highest BCUT2D eigenvalue weighted by Crippen LogP contribution is 2.31. The van der Waals surface area contributed by atoms with Crippen LogP contribution in [-0.2, 0) is 27.9 Å². The molecule has 0 N–H and O–H groups in total. The maximum Gasteiger partial charge on any atom is 0.243 e. The van der Waals surface area contributed by atoms with Crippen LogP contribution in [0.5, 0.6) is 5.75 Å². The summed E-state index contributed by atoms with van der Waals surface area (Å²) in [4.78, 5) is 15.9. The molecule has 0 aliphatic carbocycles. The summed E-state index contributed by atoms with van der Waals surface area (Å²) in [5, 5.41) is 0. The molecule has 0 spiro atoms. The fraction of sp³-hybridized carbons (Fsp3) is 0.194. The highest BCUT2D eigenvalue weighted by molar-refractivity contribution is 7.89. The zero-order valence-corrected chi connectivity index (χ0v) is 22.4. The predicted octanol–water partition coefficient (Wildman–Crippen LogP) is 5.68. The molecule has 4 rings (SSSR count). The molecule has 6 nitrogen and oxygen atoms in total. The Kier molecular flexibility index (Phi) is 8.94. The van der Waals surface area contributed by atoms with Gasteiger partial charge in [-0.15, -0.1) is 0 Å². The van der Waals surface area contributed by atoms with Crippen LogP contribution in [-0.4, -0.2) is 37.7 Å². The summed E-state index contributed by atoms with van der Waals surface area (Å²) in [6.07, 6.45) is -0.0193. The van der Waals surface area contributed by atoms with Gasteiger partial charge in [-0.2, -0.15) is 4.31 Å². The number of hydrogen-bond acceptors (Lipinski definition) is 4. The van der Waals surface area contributed by atoms with Gasteiger partial charge in [0.1, 0.15) is 5.75 Å². The molecule has 4 aromatic rings. The van der Waals surface area contributed by atoms with Crippen LogP contribution in [0.4, 0.5) is 0 Å². The van der Waals surface area contributed by atoms with E-state index in [2.05, 4.69) is 0 Å². The Morgan fingerprint density at radius 2 is 1.21 bits per heavy atom. The van der Waals surface area contributed by atoms with Gasteiger partial charge in [0.15, 0.2) is 0 Å². The molecular weight excluding hydrogens is 496 g/mol. The third-order valence-corrected chi connectivity index (χ3v) is 8.39. The lowest BCUT2D eigenvalue weighted by molar-refractivity contribution is -0.133. The number of carbonyl (C=O) groups excluding carboxylic acids is 1. The standard InChI is InChI=1S/C31H32N2O4S/c1-32(38(35,36)29-16-10-5-11-17-29)30(27-18-20-28(37-2)21-19-27)22-31(34)33(23-25-12-6-3-7-13-25)24-26-14-8-4-9-15-26/h3-21,30H,22-24H2,1-2H3/t30-/m1/s1. The minimum absolute atomic E-state index is 0.0193. The number of methoxy groups -OCH3 is 1. The lowest BCUT2D eigenvalue weighted by Gasteiger charge is -2.31. The van der Waals surface area contributed by atoms with Crippen molar-refractivity contribution in [3.05, 3.63) is 132 Å². The summed E-state index contributed by atoms with van der Waals surface area (Å²) in [7, 11) is -0.752. The van der Waals surface area contributed by atoms with E-state index in [1.54, 1.807) is 54.5 Å². The van der Waals surface area contributed by atoms with Crippen LogP contribution in [0.2, 0.25) is 0 Å². The lowest BCUT2D eigenvalue weighted by atomic mass is 10.0. The van der Waals surface area contributed by atoms with Crippen molar-refractivity contribution < 1.29 is 17.9 Å². The van der Waals surface area contributed by atoms with Crippen molar-refractivity contribution in [1.29, 1.82) is 0 Å². The van der Waals surface area contributed by atoms with Crippen LogP contribution in [0.3, 0.4) is 0 Å². The van der Waals surface area contributed by atoms with Crippen LogP contribution in [0, 0.1) is 0 Å². The van der Waals surface area contributed by atoms with E-state index >= 15 is 0 Å². The number of rotatable bonds is 11. The van der Waals surface area contributed by atoms with Gasteiger partial charge in [-0.25, -0.2) is 8.42 Å². The zero-order valence-electron chi connectivity index (χ0n) is 21.6. The molecule has 38 heavy (non-hydrogen) atoms. The van der Waals surface area contributed by atoms with E-state index in [0.29, 0.717) is 24.4 Å². The Labute approximate surface area is 225 Å². The molecular formula is C31H32N2O4S. The summed E-state index contributed by atoms with van der Waals surface area (Å²) >= 11 is 0. The molecule has 0 aromatic heterocycles. The number of amides is 1. The molecule has 0 radical (unpaired) electrons. The van der Waals surface area contributed by atoms with Crippen molar-refractivity contribution in [2.45, 2.75) is 30.4 Å². The van der Waals surface area contributed by atoms with E-state index in [1.165, 1.54) is 11.4 Å². The van der Waals surface area contributed by atoms with Crippen LogP contribution in [0.15, 0.2) is 120 Å². The normalized spacial score (nSPS) is 12.2. The summed E-state index contributed by atoms with van der Waals surface area (Å²) in [6.45, 7) is 0.831. The second-order valence-electron chi connectivity index (χ2n) is 9.05. The van der Waals surface area contributed by atoms with Crippen LogP contribution in [0.1, 0.15) is 29.2 Å². The first-order valence-electron chi connectivity index (χ1n) is 12.4. The largest absolute Gasteiger partial charge is 0.497 e. The zero-order chi connectivity index (χ0) is 27.0. The summed E-state index contributed by atoms with van der Waals surface area (Å²) < 4.78 is 33.7. The van der Waals surface area contributed by atoms with Gasteiger partial charge in [0.2, 0.25) is 15.9 Å². The number of nitrogens with zero attached hydrogens (tertiary/aromatic N) is 2. The molecule has 0 aliphatic heterocycles. The molecule has 1 atom stereocenters. The molecule has 0 bridgehead atoms. The average molecular weight is 529 g/mol. The maximum absolute atomic E-state index is 13.9. The molecule has 196 valence electrons. The van der Waals surface area contributed by atoms with E-state index < -0.39 is 16.1 Å². The summed E-state index contributed by atoms with van der Waals surface area (Å²) in [5.41, 5.74) is 2.71. The first-order chi connectivity index (χ1) is 18.4. The number of ether oxygens (including phenoxy) is 1. The molecule has 0 heterocycles. The van der Waals surface area contributed by atoms with Crippen molar-refractivity contribution in [2.75, 3.05) is 14.2 Å². The van der Waals surface area contributed by atoms with E-state index in [9.17, 15) is 13.2 Å². The first kappa shape index (κ1) is 27.1. The third kappa shape index (κ3) is 6.68. The van der Waals surface area contributed by atoms with Crippen LogP contribution >= 0.6 is 0 Å². The van der Waals surface area contributed by atoms with Crippen LogP contribution < -0.4 is 4.74 Å². The first-order valence-corrected chi connectivity index (χ1v) is 13.8. The molecule has 0 aliphatic rings. The quantitative estimate of drug-likeness (QED) is 0.251. The second kappa shape index (κ2) is 12.5. The van der Waals surface area contributed by atoms with Crippen molar-refractivity contribution in [3.63, 3.8) is 0 Å². The Balaban J connectivity index is 1.67. The fourth-order valence-corrected chi connectivity index (χ4v) is 5.71. The fourth-order valence-electron chi connectivity index (χ4n) is 4.34. The molecule has 0 saturated heterocycles. The minimum atomic E-state index is -3.86. The SMILES string of the molecule is COc1ccc([C@@H](CC(=O)N(Cc2ccccc2)Cc2ccccc2)N(C)S(=O)(=O)c2ccccc2)cc1. The topological polar surface area (TPSA) is 66.9 Å². The second-order valence-corrected chi connectivity index (χ2v) is 11.0. The highest BCUT2D eigenvalue weighted by Gasteiger charge is 2.32. The van der Waals surface area contributed by atoms with Crippen molar-refractivity contribution in [2.24, 2.45) is 0 Å². The van der Waals surface area contributed by atoms with Crippen molar-refractivity contribution >= 4 is 15.9 Å². The maximum atomic E-state index is 13.9. The van der Waals surface area contributed by atoms with Gasteiger partial charge < -0.3 is 9.64 Å². The number of hydrogen-bond donors (Lipinski definition) is 0. The Morgan fingerprint density at radius 3 is 1.68 bits per heavy atom. The van der Waals surface area contributed by atoms with Crippen LogP contribution in [0.25, 0.3) is 0 Å². The Bertz CT molecular complexity index is 1370. The van der Waals surface area contributed by atoms with E-state index in [4.69, 9.17) is 4.74 Å². The van der Waals surface area contributed by atoms with E-state index in [-0.39, 0.29) is 17.2 Å². The van der Waals surface area contributed by atoms with Crippen molar-refractivity contribution in [1.82, 2.24) is 9.21 Å². The lowest BCUT2D eigenvalue weighted by Crippen LogP contribution is -2.37. The molecule has 4 aromatic carbocycles. The summed E-state index contributed by atoms with van der Waals surface area (Å²) in [6, 6.07) is 34.4. The van der Waals surface area contributed by atoms with Crippen molar-refractivity contribution in [3.8, 4) is 5.75 Å². The van der Waals surface area contributed by atoms with Gasteiger partial charge in [-0.05, 0) is 41.0 Å². The number of carbonyl (C=O) groups is 1. The van der Waals surface area contributed by atoms with E-state index in [1.807, 2.05) is 72.8 Å². The van der Waals surface area contributed by atoms with Gasteiger partial charge in [-0.1, -0.05) is 91.0 Å². The Hall–Kier alpha value is -3.94. The highest BCUT2D eigenvalue weighted by atomic mass is 32.2. The molecule has 7 heteroatoms. The third-order valence-electron chi connectivity index (χ3n) is 6.51. The van der Waals surface area contributed by atoms with Gasteiger partial charge in [-0.3, -0.25) is 4.79 Å². The monoisotopic (exact) mass is 528 g/mol. The predicted molar refractivity (Wildman–Crippen MR) is 149 cm³/mol. The molecule has 0 unspecified atom stereocenters. The number of sulfonamides is 1. The van der Waals surface area contributed by atoms with Gasteiger partial charge in [0.05, 0.1) is 18.0 Å². The Morgan fingerprint density at radius 1 is 0.737 bits per heavy atom. The molecule has 0 saturated carbocycles. The van der Waals surface area contributed by atoms with Gasteiger partial charge >= 0.3 is 0 Å².